The van der Waals surface area contributed by atoms with Gasteiger partial charge in [-0.3, -0.25) is 4.79 Å². The first kappa shape index (κ1) is 20.2. The third-order valence-electron chi connectivity index (χ3n) is 5.22. The molecule has 0 fully saturated rings. The third kappa shape index (κ3) is 4.86. The highest BCUT2D eigenvalue weighted by atomic mass is 16.5. The van der Waals surface area contributed by atoms with Crippen molar-refractivity contribution in [2.45, 2.75) is 58.5 Å². The van der Waals surface area contributed by atoms with Crippen molar-refractivity contribution in [2.75, 3.05) is 18.5 Å². The zero-order chi connectivity index (χ0) is 19.8. The number of rotatable bonds is 10. The molecule has 0 saturated heterocycles. The predicted octanol–water partition coefficient (Wildman–Crippen LogP) is 6.01. The van der Waals surface area contributed by atoms with E-state index >= 15 is 0 Å². The Morgan fingerprint density at radius 2 is 1.79 bits per heavy atom. The van der Waals surface area contributed by atoms with Crippen LogP contribution in [0.4, 0.5) is 5.69 Å². The van der Waals surface area contributed by atoms with Gasteiger partial charge >= 0.3 is 0 Å². The lowest BCUT2D eigenvalue weighted by Gasteiger charge is -2.38. The van der Waals surface area contributed by atoms with Crippen molar-refractivity contribution in [3.8, 4) is 5.75 Å². The normalized spacial score (nSPS) is 15.9. The molecule has 28 heavy (non-hydrogen) atoms. The molecule has 0 bridgehead atoms. The molecule has 4 heteroatoms. The average Bonchev–Trinajstić information content (AvgIpc) is 2.73. The van der Waals surface area contributed by atoms with Gasteiger partial charge in [-0.25, -0.2) is 0 Å². The van der Waals surface area contributed by atoms with Crippen molar-refractivity contribution in [3.63, 3.8) is 0 Å². The number of hydrogen-bond donors (Lipinski definition) is 1. The Morgan fingerprint density at radius 1 is 0.964 bits per heavy atom. The number of hydrogen-bond acceptors (Lipinski definition) is 3. The van der Waals surface area contributed by atoms with Crippen molar-refractivity contribution < 1.29 is 9.53 Å². The Labute approximate surface area is 168 Å². The van der Waals surface area contributed by atoms with Crippen LogP contribution in [-0.4, -0.2) is 24.0 Å². The summed E-state index contributed by atoms with van der Waals surface area (Å²) in [4.78, 5) is 15.1. The molecule has 1 heterocycles. The smallest absolute Gasteiger partial charge is 0.257 e. The fourth-order valence-corrected chi connectivity index (χ4v) is 3.61. The number of ether oxygens (including phenoxy) is 1. The third-order valence-corrected chi connectivity index (χ3v) is 5.22. The van der Waals surface area contributed by atoms with Crippen LogP contribution < -0.4 is 10.1 Å². The molecule has 0 spiro atoms. The summed E-state index contributed by atoms with van der Waals surface area (Å²) in [6, 6.07) is 15.9. The Kier molecular flexibility index (Phi) is 7.35. The van der Waals surface area contributed by atoms with Crippen LogP contribution in [0.5, 0.6) is 5.75 Å². The van der Waals surface area contributed by atoms with Gasteiger partial charge in [0, 0.05) is 12.2 Å². The molecule has 1 atom stereocenters. The standard InChI is InChI=1S/C24H32N2O2/c1-3-5-7-10-17-28-20-13-11-12-19(18-20)23-25-22-15-9-8-14-21(22)24(27)26(23)16-6-4-2/h8-9,11-15,18,23,25H,3-7,10,16-17H2,1-2H3. The molecule has 2 aromatic rings. The molecular weight excluding hydrogens is 348 g/mol. The summed E-state index contributed by atoms with van der Waals surface area (Å²) in [6.45, 7) is 5.84. The molecule has 1 aliphatic heterocycles. The first-order valence-electron chi connectivity index (χ1n) is 10.6. The zero-order valence-corrected chi connectivity index (χ0v) is 17.1. The van der Waals surface area contributed by atoms with Gasteiger partial charge < -0.3 is 15.0 Å². The summed E-state index contributed by atoms with van der Waals surface area (Å²) < 4.78 is 5.97. The maximum Gasteiger partial charge on any atom is 0.257 e. The summed E-state index contributed by atoms with van der Waals surface area (Å²) in [5.41, 5.74) is 2.71. The van der Waals surface area contributed by atoms with Crippen LogP contribution in [0.3, 0.4) is 0 Å². The number of carbonyl (C=O) groups is 1. The van der Waals surface area contributed by atoms with E-state index in [1.165, 1.54) is 19.3 Å². The van der Waals surface area contributed by atoms with Gasteiger partial charge in [0.2, 0.25) is 0 Å². The van der Waals surface area contributed by atoms with Gasteiger partial charge in [0.15, 0.2) is 0 Å². The van der Waals surface area contributed by atoms with Crippen molar-refractivity contribution >= 4 is 11.6 Å². The second-order valence-corrected chi connectivity index (χ2v) is 7.43. The number of carbonyl (C=O) groups excluding carboxylic acids is 1. The molecule has 0 radical (unpaired) electrons. The first-order valence-corrected chi connectivity index (χ1v) is 10.6. The molecule has 1 unspecified atom stereocenters. The lowest BCUT2D eigenvalue weighted by molar-refractivity contribution is 0.0680. The number of para-hydroxylation sites is 1. The topological polar surface area (TPSA) is 41.6 Å². The van der Waals surface area contributed by atoms with Gasteiger partial charge in [-0.1, -0.05) is 63.8 Å². The number of nitrogens with one attached hydrogen (secondary N) is 1. The van der Waals surface area contributed by atoms with E-state index in [9.17, 15) is 4.79 Å². The summed E-state index contributed by atoms with van der Waals surface area (Å²) in [5, 5.41) is 3.56. The van der Waals surface area contributed by atoms with Crippen LogP contribution in [0.15, 0.2) is 48.5 Å². The summed E-state index contributed by atoms with van der Waals surface area (Å²) >= 11 is 0. The zero-order valence-electron chi connectivity index (χ0n) is 17.1. The van der Waals surface area contributed by atoms with Crippen LogP contribution in [0.2, 0.25) is 0 Å². The van der Waals surface area contributed by atoms with E-state index in [2.05, 4.69) is 31.3 Å². The Hall–Kier alpha value is -2.49. The highest BCUT2D eigenvalue weighted by Gasteiger charge is 2.32. The van der Waals surface area contributed by atoms with Crippen LogP contribution in [-0.2, 0) is 0 Å². The lowest BCUT2D eigenvalue weighted by atomic mass is 10.0. The largest absolute Gasteiger partial charge is 0.494 e. The molecule has 1 N–H and O–H groups in total. The molecule has 4 nitrogen and oxygen atoms in total. The minimum atomic E-state index is -0.169. The molecule has 0 saturated carbocycles. The van der Waals surface area contributed by atoms with E-state index in [1.54, 1.807) is 0 Å². The van der Waals surface area contributed by atoms with Crippen molar-refractivity contribution in [2.24, 2.45) is 0 Å². The van der Waals surface area contributed by atoms with Gasteiger partial charge in [0.05, 0.1) is 12.2 Å². The summed E-state index contributed by atoms with van der Waals surface area (Å²) in [5.74, 6) is 0.969. The van der Waals surface area contributed by atoms with E-state index in [-0.39, 0.29) is 12.1 Å². The second-order valence-electron chi connectivity index (χ2n) is 7.43. The highest BCUT2D eigenvalue weighted by molar-refractivity contribution is 6.01. The summed E-state index contributed by atoms with van der Waals surface area (Å²) in [6.07, 6.45) is 6.64. The number of nitrogens with zero attached hydrogens (tertiary/aromatic N) is 1. The summed E-state index contributed by atoms with van der Waals surface area (Å²) in [7, 11) is 0. The van der Waals surface area contributed by atoms with Crippen LogP contribution in [0.25, 0.3) is 0 Å². The van der Waals surface area contributed by atoms with Gasteiger partial charge in [-0.2, -0.15) is 0 Å². The average molecular weight is 381 g/mol. The maximum atomic E-state index is 13.1. The SMILES string of the molecule is CCCCCCOc1cccc(C2Nc3ccccc3C(=O)N2CCCC)c1. The first-order chi connectivity index (χ1) is 13.7. The minimum absolute atomic E-state index is 0.0960. The quantitative estimate of drug-likeness (QED) is 0.513. The van der Waals surface area contributed by atoms with Gasteiger partial charge in [0.1, 0.15) is 11.9 Å². The molecule has 2 aromatic carbocycles. The highest BCUT2D eigenvalue weighted by Crippen LogP contribution is 2.34. The fourth-order valence-electron chi connectivity index (χ4n) is 3.61. The van der Waals surface area contributed by atoms with E-state index < -0.39 is 0 Å². The molecule has 3 rings (SSSR count). The van der Waals surface area contributed by atoms with Crippen molar-refractivity contribution in [3.05, 3.63) is 59.7 Å². The van der Waals surface area contributed by atoms with Gasteiger partial charge in [-0.15, -0.1) is 0 Å². The number of amides is 1. The predicted molar refractivity (Wildman–Crippen MR) is 115 cm³/mol. The number of anilines is 1. The van der Waals surface area contributed by atoms with E-state index in [4.69, 9.17) is 4.74 Å². The number of benzene rings is 2. The monoisotopic (exact) mass is 380 g/mol. The molecule has 0 aliphatic carbocycles. The Bertz CT molecular complexity index is 775. The maximum absolute atomic E-state index is 13.1. The molecular formula is C24H32N2O2. The molecule has 0 aromatic heterocycles. The van der Waals surface area contributed by atoms with E-state index in [0.717, 1.165) is 55.0 Å². The number of unbranched alkanes of at least 4 members (excludes halogenated alkanes) is 4. The molecule has 150 valence electrons. The van der Waals surface area contributed by atoms with E-state index in [1.807, 2.05) is 41.3 Å². The molecule has 1 aliphatic rings. The van der Waals surface area contributed by atoms with Gasteiger partial charge in [-0.05, 0) is 42.7 Å². The van der Waals surface area contributed by atoms with Crippen LogP contribution >= 0.6 is 0 Å². The van der Waals surface area contributed by atoms with Crippen LogP contribution in [0, 0.1) is 0 Å². The van der Waals surface area contributed by atoms with E-state index in [0.29, 0.717) is 0 Å². The minimum Gasteiger partial charge on any atom is -0.494 e. The fraction of sp³-hybridized carbons (Fsp3) is 0.458. The lowest BCUT2D eigenvalue weighted by Crippen LogP contribution is -2.43. The molecule has 1 amide bonds. The van der Waals surface area contributed by atoms with Gasteiger partial charge in [0.25, 0.3) is 5.91 Å². The van der Waals surface area contributed by atoms with Crippen LogP contribution in [0.1, 0.15) is 74.5 Å². The van der Waals surface area contributed by atoms with Crippen molar-refractivity contribution in [1.29, 1.82) is 0 Å². The Morgan fingerprint density at radius 3 is 2.61 bits per heavy atom. The second kappa shape index (κ2) is 10.2. The number of fused-ring (bicyclic) bond motifs is 1. The van der Waals surface area contributed by atoms with Crippen molar-refractivity contribution in [1.82, 2.24) is 4.90 Å². The Balaban J connectivity index is 1.78.